The molecule has 0 unspecified atom stereocenters. The van der Waals surface area contributed by atoms with Crippen LogP contribution in [-0.4, -0.2) is 124 Å². The fourth-order valence-electron chi connectivity index (χ4n) is 5.18. The highest BCUT2D eigenvalue weighted by Crippen LogP contribution is 2.26. The Balaban J connectivity index is 1.76. The zero-order valence-electron chi connectivity index (χ0n) is 36.0. The maximum Gasteiger partial charge on any atom is 0.410 e. The first-order valence-corrected chi connectivity index (χ1v) is 19.7. The van der Waals surface area contributed by atoms with Crippen LogP contribution in [0.15, 0.2) is 91.0 Å². The van der Waals surface area contributed by atoms with Crippen LogP contribution in [0.2, 0.25) is 0 Å². The lowest BCUT2D eigenvalue weighted by atomic mass is 9.85. The fraction of sp³-hybridized carbons (Fsp3) is 0.409. The molecule has 4 amide bonds. The molecule has 0 aliphatic carbocycles. The predicted molar refractivity (Wildman–Crippen MR) is 222 cm³/mol. The van der Waals surface area contributed by atoms with E-state index in [1.807, 2.05) is 0 Å². The van der Waals surface area contributed by atoms with E-state index in [9.17, 15) is 38.4 Å². The standard InChI is InChI=1S/C44H54N4O15/c1-43(2,3)63-40(54)45-22-35(49)21-44(29-60-36(50)23-46-39(53)57-26-32-15-9-6-10-16-32,30-61-37(51)24-47(4)41(55)58-27-33-17-11-7-12-18-33)31-62-38(52)25-48(5)42(56)59-28-34-19-13-8-14-20-34/h6-20H,21-31H2,1-5H3,(H,45,54)(H,46,53). The number of nitrogens with zero attached hydrogens (tertiary/aromatic N) is 2. The molecule has 0 aromatic heterocycles. The first-order chi connectivity index (χ1) is 29.9. The number of carbonyl (C=O) groups excluding carboxylic acids is 8. The van der Waals surface area contributed by atoms with E-state index >= 15 is 0 Å². The third kappa shape index (κ3) is 20.8. The summed E-state index contributed by atoms with van der Waals surface area (Å²) < 4.78 is 37.3. The van der Waals surface area contributed by atoms with Crippen molar-refractivity contribution in [1.82, 2.24) is 20.4 Å². The van der Waals surface area contributed by atoms with Gasteiger partial charge in [0.15, 0.2) is 5.78 Å². The Kier molecular flexibility index (Phi) is 20.4. The summed E-state index contributed by atoms with van der Waals surface area (Å²) in [6.45, 7) is -0.121. The smallest absolute Gasteiger partial charge is 0.410 e. The highest BCUT2D eigenvalue weighted by atomic mass is 16.6. The molecule has 0 spiro atoms. The van der Waals surface area contributed by atoms with Crippen molar-refractivity contribution in [2.24, 2.45) is 5.41 Å². The number of amides is 4. The third-order valence-corrected chi connectivity index (χ3v) is 8.37. The van der Waals surface area contributed by atoms with Gasteiger partial charge in [0.25, 0.3) is 0 Å². The molecule has 0 aliphatic rings. The van der Waals surface area contributed by atoms with Crippen molar-refractivity contribution in [3.8, 4) is 0 Å². The lowest BCUT2D eigenvalue weighted by molar-refractivity contribution is -0.164. The molecule has 3 aromatic carbocycles. The molecule has 0 saturated heterocycles. The number of likely N-dealkylation sites (N-methyl/N-ethyl adjacent to an activating group) is 2. The van der Waals surface area contributed by atoms with E-state index in [-0.39, 0.29) is 19.8 Å². The average Bonchev–Trinajstić information content (AvgIpc) is 3.26. The normalized spacial score (nSPS) is 10.9. The van der Waals surface area contributed by atoms with Crippen molar-refractivity contribution in [3.63, 3.8) is 0 Å². The molecule has 0 heterocycles. The van der Waals surface area contributed by atoms with Crippen LogP contribution >= 0.6 is 0 Å². The van der Waals surface area contributed by atoms with Crippen LogP contribution in [0.1, 0.15) is 43.9 Å². The summed E-state index contributed by atoms with van der Waals surface area (Å²) >= 11 is 0. The zero-order chi connectivity index (χ0) is 46.3. The van der Waals surface area contributed by atoms with Crippen LogP contribution in [0.3, 0.4) is 0 Å². The van der Waals surface area contributed by atoms with Gasteiger partial charge in [0, 0.05) is 20.5 Å². The third-order valence-electron chi connectivity index (χ3n) is 8.37. The van der Waals surface area contributed by atoms with Crippen LogP contribution in [-0.2, 0) is 72.2 Å². The minimum atomic E-state index is -1.83. The van der Waals surface area contributed by atoms with Crippen molar-refractivity contribution in [2.75, 3.05) is 60.1 Å². The Morgan fingerprint density at radius 1 is 0.492 bits per heavy atom. The number of carbonyl (C=O) groups is 8. The average molecular weight is 879 g/mol. The maximum absolute atomic E-state index is 13.5. The van der Waals surface area contributed by atoms with E-state index in [0.717, 1.165) is 9.80 Å². The number of ether oxygens (including phenoxy) is 7. The van der Waals surface area contributed by atoms with Gasteiger partial charge in [0.2, 0.25) is 0 Å². The maximum atomic E-state index is 13.5. The van der Waals surface area contributed by atoms with E-state index in [4.69, 9.17) is 33.2 Å². The Morgan fingerprint density at radius 3 is 1.29 bits per heavy atom. The van der Waals surface area contributed by atoms with Crippen molar-refractivity contribution < 1.29 is 71.5 Å². The molecule has 0 bridgehead atoms. The van der Waals surface area contributed by atoms with Gasteiger partial charge in [-0.3, -0.25) is 19.2 Å². The van der Waals surface area contributed by atoms with Gasteiger partial charge in [0.05, 0.1) is 12.0 Å². The largest absolute Gasteiger partial charge is 0.463 e. The molecule has 3 aromatic rings. The van der Waals surface area contributed by atoms with Crippen LogP contribution < -0.4 is 10.6 Å². The van der Waals surface area contributed by atoms with E-state index in [1.54, 1.807) is 112 Å². The van der Waals surface area contributed by atoms with Crippen LogP contribution in [0.5, 0.6) is 0 Å². The summed E-state index contributed by atoms with van der Waals surface area (Å²) in [6.07, 6.45) is -4.19. The Bertz CT molecular complexity index is 1900. The second kappa shape index (κ2) is 25.6. The molecule has 0 atom stereocenters. The lowest BCUT2D eigenvalue weighted by Gasteiger charge is -2.32. The first kappa shape index (κ1) is 50.2. The van der Waals surface area contributed by atoms with Gasteiger partial charge < -0.3 is 53.6 Å². The van der Waals surface area contributed by atoms with Crippen LogP contribution in [0.4, 0.5) is 19.2 Å². The molecule has 2 N–H and O–H groups in total. The van der Waals surface area contributed by atoms with Gasteiger partial charge in [-0.15, -0.1) is 0 Å². The van der Waals surface area contributed by atoms with Crippen LogP contribution in [0.25, 0.3) is 0 Å². The number of benzene rings is 3. The van der Waals surface area contributed by atoms with Crippen LogP contribution in [0, 0.1) is 5.41 Å². The van der Waals surface area contributed by atoms with Gasteiger partial charge in [0.1, 0.15) is 64.9 Å². The summed E-state index contributed by atoms with van der Waals surface area (Å²) in [7, 11) is 2.58. The van der Waals surface area contributed by atoms with Gasteiger partial charge in [-0.25, -0.2) is 19.2 Å². The summed E-state index contributed by atoms with van der Waals surface area (Å²) in [6, 6.07) is 26.4. The van der Waals surface area contributed by atoms with E-state index in [0.29, 0.717) is 16.7 Å². The topological polar surface area (TPSA) is 232 Å². The van der Waals surface area contributed by atoms with Crippen molar-refractivity contribution in [2.45, 2.75) is 52.6 Å². The highest BCUT2D eigenvalue weighted by Gasteiger charge is 2.39. The molecule has 0 radical (unpaired) electrons. The predicted octanol–water partition coefficient (Wildman–Crippen LogP) is 4.55. The summed E-state index contributed by atoms with van der Waals surface area (Å²) in [5.41, 5.74) is -0.620. The van der Waals surface area contributed by atoms with Gasteiger partial charge >= 0.3 is 42.3 Å². The van der Waals surface area contributed by atoms with Crippen molar-refractivity contribution >= 4 is 48.1 Å². The molecule has 19 heteroatoms. The Hall–Kier alpha value is -7.18. The summed E-state index contributed by atoms with van der Waals surface area (Å²) in [4.78, 5) is 105. The van der Waals surface area contributed by atoms with Gasteiger partial charge in [-0.1, -0.05) is 91.0 Å². The van der Waals surface area contributed by atoms with Gasteiger partial charge in [-0.05, 0) is 37.5 Å². The number of nitrogens with one attached hydrogen (secondary N) is 2. The van der Waals surface area contributed by atoms with Gasteiger partial charge in [-0.2, -0.15) is 0 Å². The molecular weight excluding hydrogens is 824 g/mol. The number of rotatable bonds is 22. The summed E-state index contributed by atoms with van der Waals surface area (Å²) in [5, 5.41) is 4.58. The van der Waals surface area contributed by atoms with E-state index in [2.05, 4.69) is 10.6 Å². The number of alkyl carbamates (subject to hydrolysis) is 2. The molecule has 0 fully saturated rings. The summed E-state index contributed by atoms with van der Waals surface area (Å²) in [5.74, 6) is -3.69. The number of hydrogen-bond acceptors (Lipinski definition) is 15. The second-order valence-electron chi connectivity index (χ2n) is 15.3. The molecule has 0 saturated carbocycles. The second-order valence-corrected chi connectivity index (χ2v) is 15.3. The molecule has 63 heavy (non-hydrogen) atoms. The molecule has 3 rings (SSSR count). The molecule has 0 aliphatic heterocycles. The lowest BCUT2D eigenvalue weighted by Crippen LogP contribution is -2.45. The first-order valence-electron chi connectivity index (χ1n) is 19.7. The highest BCUT2D eigenvalue weighted by molar-refractivity contribution is 5.85. The number of esters is 3. The number of Topliss-reactive ketones (excluding diaryl/α,β-unsaturated/α-hetero) is 1. The number of hydrogen-bond donors (Lipinski definition) is 2. The minimum Gasteiger partial charge on any atom is -0.463 e. The Labute approximate surface area is 365 Å². The molecule has 19 nitrogen and oxygen atoms in total. The number of ketones is 1. The minimum absolute atomic E-state index is 0.0715. The zero-order valence-corrected chi connectivity index (χ0v) is 36.0. The molecule has 340 valence electrons. The van der Waals surface area contributed by atoms with E-state index < -0.39 is 112 Å². The Morgan fingerprint density at radius 2 is 0.873 bits per heavy atom. The van der Waals surface area contributed by atoms with Crippen molar-refractivity contribution in [1.29, 1.82) is 0 Å². The SMILES string of the molecule is CN(CC(=O)OCC(COC(=O)CNC(=O)OCc1ccccc1)(COC(=O)CN(C)C(=O)OCc1ccccc1)CC(=O)CNC(=O)OC(C)(C)C)C(=O)OCc1ccccc1. The fourth-order valence-corrected chi connectivity index (χ4v) is 5.18. The van der Waals surface area contributed by atoms with Crippen molar-refractivity contribution in [3.05, 3.63) is 108 Å². The quantitative estimate of drug-likeness (QED) is 0.104. The molecular formula is C44H54N4O15. The monoisotopic (exact) mass is 878 g/mol. The van der Waals surface area contributed by atoms with E-state index in [1.165, 1.54) is 14.1 Å².